The van der Waals surface area contributed by atoms with E-state index in [1.807, 2.05) is 36.5 Å². The Labute approximate surface area is 199 Å². The van der Waals surface area contributed by atoms with Gasteiger partial charge in [-0.2, -0.15) is 0 Å². The fourth-order valence-electron chi connectivity index (χ4n) is 3.55. The van der Waals surface area contributed by atoms with Crippen molar-refractivity contribution in [2.24, 2.45) is 0 Å². The normalized spacial score (nSPS) is 12.5. The molecule has 0 aliphatic carbocycles. The summed E-state index contributed by atoms with van der Waals surface area (Å²) in [6, 6.07) is 17.3. The van der Waals surface area contributed by atoms with Gasteiger partial charge in [0.25, 0.3) is 10.0 Å². The molecule has 33 heavy (non-hydrogen) atoms. The van der Waals surface area contributed by atoms with Crippen molar-refractivity contribution in [2.45, 2.75) is 36.5 Å². The summed E-state index contributed by atoms with van der Waals surface area (Å²) in [5.74, 6) is -0.914. The second kappa shape index (κ2) is 11.6. The number of aromatic nitrogens is 1. The summed E-state index contributed by atoms with van der Waals surface area (Å²) in [6.45, 7) is 0. The predicted octanol–water partition coefficient (Wildman–Crippen LogP) is 5.87. The van der Waals surface area contributed by atoms with Gasteiger partial charge in [-0.15, -0.1) is 0 Å². The van der Waals surface area contributed by atoms with E-state index in [1.54, 1.807) is 18.3 Å². The zero-order valence-corrected chi connectivity index (χ0v) is 19.5. The van der Waals surface area contributed by atoms with Gasteiger partial charge < -0.3 is 5.11 Å². The van der Waals surface area contributed by atoms with E-state index in [0.717, 1.165) is 36.5 Å². The number of hydrogen-bond acceptors (Lipinski definition) is 4. The number of nitrogens with zero attached hydrogens (tertiary/aromatic N) is 1. The summed E-state index contributed by atoms with van der Waals surface area (Å²) >= 11 is 5.87. The summed E-state index contributed by atoms with van der Waals surface area (Å²) in [5, 5.41) is 9.17. The maximum atomic E-state index is 12.8. The van der Waals surface area contributed by atoms with Crippen LogP contribution in [-0.2, 0) is 14.8 Å². The van der Waals surface area contributed by atoms with Crippen LogP contribution in [0.3, 0.4) is 0 Å². The van der Waals surface area contributed by atoms with Crippen molar-refractivity contribution in [3.63, 3.8) is 0 Å². The minimum atomic E-state index is -3.75. The lowest BCUT2D eigenvalue weighted by Gasteiger charge is -2.19. The van der Waals surface area contributed by atoms with Crippen molar-refractivity contribution < 1.29 is 18.3 Å². The van der Waals surface area contributed by atoms with Crippen LogP contribution in [0.2, 0.25) is 5.02 Å². The first-order chi connectivity index (χ1) is 15.8. The van der Waals surface area contributed by atoms with Gasteiger partial charge in [0.2, 0.25) is 0 Å². The largest absolute Gasteiger partial charge is 0.478 e. The van der Waals surface area contributed by atoms with Gasteiger partial charge in [-0.05, 0) is 72.9 Å². The molecule has 0 radical (unpaired) electrons. The van der Waals surface area contributed by atoms with E-state index in [0.29, 0.717) is 17.1 Å². The average molecular weight is 485 g/mol. The molecule has 0 aliphatic heterocycles. The highest BCUT2D eigenvalue weighted by Gasteiger charge is 2.17. The van der Waals surface area contributed by atoms with Crippen LogP contribution in [-0.4, -0.2) is 24.5 Å². The SMILES string of the molecule is O=C(O)/C=C/CCCCC(c1cccnc1)c1cccc(NS(=O)(=O)c2ccc(Cl)cc2)c1. The average Bonchev–Trinajstić information content (AvgIpc) is 2.79. The molecule has 6 nitrogen and oxygen atoms in total. The van der Waals surface area contributed by atoms with Gasteiger partial charge in [-0.3, -0.25) is 9.71 Å². The minimum absolute atomic E-state index is 0.0298. The number of allylic oxidation sites excluding steroid dienone is 1. The third kappa shape index (κ3) is 7.44. The van der Waals surface area contributed by atoms with Gasteiger partial charge >= 0.3 is 5.97 Å². The Hall–Kier alpha value is -3.16. The Morgan fingerprint density at radius 3 is 2.52 bits per heavy atom. The second-order valence-electron chi connectivity index (χ2n) is 7.55. The van der Waals surface area contributed by atoms with E-state index >= 15 is 0 Å². The number of rotatable bonds is 11. The molecule has 1 atom stereocenters. The third-order valence-electron chi connectivity index (χ3n) is 5.13. The molecule has 1 heterocycles. The number of benzene rings is 2. The molecule has 0 fully saturated rings. The van der Waals surface area contributed by atoms with Crippen LogP contribution < -0.4 is 4.72 Å². The Morgan fingerprint density at radius 1 is 1.06 bits per heavy atom. The van der Waals surface area contributed by atoms with Crippen LogP contribution in [0.4, 0.5) is 5.69 Å². The van der Waals surface area contributed by atoms with E-state index in [1.165, 1.54) is 24.3 Å². The zero-order chi connectivity index (χ0) is 23.7. The van der Waals surface area contributed by atoms with Crippen LogP contribution in [0.15, 0.2) is 90.1 Å². The number of unbranched alkanes of at least 4 members (excludes halogenated alkanes) is 2. The molecule has 0 spiro atoms. The van der Waals surface area contributed by atoms with Gasteiger partial charge in [0.05, 0.1) is 4.90 Å². The standard InChI is InChI=1S/C25H25ClN2O4S/c26-21-12-14-23(15-13-21)33(31,32)28-22-9-5-7-19(17-22)24(20-8-6-16-27-18-20)10-3-1-2-4-11-25(29)30/h4-9,11-18,24,28H,1-3,10H2,(H,29,30)/b11-4+. The molecule has 2 aromatic carbocycles. The number of carboxylic acid groups (broad SMARTS) is 1. The van der Waals surface area contributed by atoms with Crippen molar-refractivity contribution in [1.29, 1.82) is 0 Å². The predicted molar refractivity (Wildman–Crippen MR) is 130 cm³/mol. The first kappa shape index (κ1) is 24.5. The fraction of sp³-hybridized carbons (Fsp3) is 0.200. The molecule has 1 unspecified atom stereocenters. The number of halogens is 1. The first-order valence-corrected chi connectivity index (χ1v) is 12.4. The van der Waals surface area contributed by atoms with E-state index in [9.17, 15) is 13.2 Å². The van der Waals surface area contributed by atoms with Crippen molar-refractivity contribution in [2.75, 3.05) is 4.72 Å². The van der Waals surface area contributed by atoms with E-state index in [2.05, 4.69) is 9.71 Å². The molecule has 172 valence electrons. The second-order valence-corrected chi connectivity index (χ2v) is 9.67. The number of nitrogens with one attached hydrogen (secondary N) is 1. The molecule has 0 saturated carbocycles. The summed E-state index contributed by atoms with van der Waals surface area (Å²) in [5.41, 5.74) is 2.48. The maximum absolute atomic E-state index is 12.8. The quantitative estimate of drug-likeness (QED) is 0.262. The highest BCUT2D eigenvalue weighted by molar-refractivity contribution is 7.92. The van der Waals surface area contributed by atoms with Crippen molar-refractivity contribution in [3.8, 4) is 0 Å². The van der Waals surface area contributed by atoms with Crippen molar-refractivity contribution in [1.82, 2.24) is 4.98 Å². The Balaban J connectivity index is 1.77. The maximum Gasteiger partial charge on any atom is 0.327 e. The van der Waals surface area contributed by atoms with Crippen LogP contribution in [0.5, 0.6) is 0 Å². The van der Waals surface area contributed by atoms with Gasteiger partial charge in [0, 0.05) is 35.1 Å². The molecular formula is C25H25ClN2O4S. The lowest BCUT2D eigenvalue weighted by molar-refractivity contribution is -0.131. The van der Waals surface area contributed by atoms with Gasteiger partial charge in [-0.25, -0.2) is 13.2 Å². The number of anilines is 1. The van der Waals surface area contributed by atoms with Crippen LogP contribution in [0.1, 0.15) is 42.7 Å². The van der Waals surface area contributed by atoms with Crippen LogP contribution >= 0.6 is 11.6 Å². The molecule has 0 bridgehead atoms. The topological polar surface area (TPSA) is 96.4 Å². The van der Waals surface area contributed by atoms with Gasteiger partial charge in [0.1, 0.15) is 0 Å². The lowest BCUT2D eigenvalue weighted by atomic mass is 9.87. The fourth-order valence-corrected chi connectivity index (χ4v) is 4.72. The number of pyridine rings is 1. The molecule has 8 heteroatoms. The lowest BCUT2D eigenvalue weighted by Crippen LogP contribution is -2.13. The van der Waals surface area contributed by atoms with E-state index < -0.39 is 16.0 Å². The Morgan fingerprint density at radius 2 is 1.82 bits per heavy atom. The highest BCUT2D eigenvalue weighted by atomic mass is 35.5. The van der Waals surface area contributed by atoms with Crippen molar-refractivity contribution in [3.05, 3.63) is 101 Å². The summed E-state index contributed by atoms with van der Waals surface area (Å²) in [4.78, 5) is 15.0. The molecule has 1 aromatic heterocycles. The van der Waals surface area contributed by atoms with E-state index in [4.69, 9.17) is 16.7 Å². The first-order valence-electron chi connectivity index (χ1n) is 10.5. The third-order valence-corrected chi connectivity index (χ3v) is 6.78. The van der Waals surface area contributed by atoms with Crippen LogP contribution in [0.25, 0.3) is 0 Å². The van der Waals surface area contributed by atoms with Crippen molar-refractivity contribution >= 4 is 33.3 Å². The van der Waals surface area contributed by atoms with Gasteiger partial charge in [0.15, 0.2) is 0 Å². The number of carbonyl (C=O) groups is 1. The molecule has 3 aromatic rings. The summed E-state index contributed by atoms with van der Waals surface area (Å²) in [6.07, 6.45) is 9.59. The number of sulfonamides is 1. The Bertz CT molecular complexity index is 1200. The molecule has 0 aliphatic rings. The van der Waals surface area contributed by atoms with Gasteiger partial charge in [-0.1, -0.05) is 42.3 Å². The molecular weight excluding hydrogens is 460 g/mol. The Kier molecular flexibility index (Phi) is 8.63. The summed E-state index contributed by atoms with van der Waals surface area (Å²) < 4.78 is 28.2. The van der Waals surface area contributed by atoms with E-state index in [-0.39, 0.29) is 10.8 Å². The summed E-state index contributed by atoms with van der Waals surface area (Å²) in [7, 11) is -3.75. The van der Waals surface area contributed by atoms with Crippen LogP contribution in [0, 0.1) is 0 Å². The number of hydrogen-bond donors (Lipinski definition) is 2. The highest BCUT2D eigenvalue weighted by Crippen LogP contribution is 2.31. The zero-order valence-electron chi connectivity index (χ0n) is 17.9. The molecule has 0 amide bonds. The smallest absolute Gasteiger partial charge is 0.327 e. The minimum Gasteiger partial charge on any atom is -0.478 e. The molecule has 0 saturated heterocycles. The number of aliphatic carboxylic acids is 1. The molecule has 3 rings (SSSR count). The monoisotopic (exact) mass is 484 g/mol. The number of carboxylic acids is 1. The molecule has 2 N–H and O–H groups in total.